The Hall–Kier alpha value is -1.77. The highest BCUT2D eigenvalue weighted by Crippen LogP contribution is 2.13. The highest BCUT2D eigenvalue weighted by Gasteiger charge is 2.06. The number of esters is 1. The van der Waals surface area contributed by atoms with E-state index in [4.69, 9.17) is 9.47 Å². The second kappa shape index (κ2) is 8.35. The monoisotopic (exact) mass is 262 g/mol. The maximum Gasteiger partial charge on any atom is 0.333 e. The number of hydrogen-bond acceptors (Lipinski definition) is 3. The van der Waals surface area contributed by atoms with Crippen LogP contribution in [0.4, 0.5) is 0 Å². The summed E-state index contributed by atoms with van der Waals surface area (Å²) in [4.78, 5) is 11.3. The van der Waals surface area contributed by atoms with Crippen molar-refractivity contribution in [2.45, 2.75) is 33.1 Å². The van der Waals surface area contributed by atoms with Gasteiger partial charge in [-0.15, -0.1) is 0 Å². The average Bonchev–Trinajstić information content (AvgIpc) is 2.40. The van der Waals surface area contributed by atoms with Gasteiger partial charge in [0.1, 0.15) is 5.75 Å². The number of hydrogen-bond donors (Lipinski definition) is 0. The van der Waals surface area contributed by atoms with Gasteiger partial charge in [0.05, 0.1) is 13.2 Å². The Balaban J connectivity index is 2.13. The maximum absolute atomic E-state index is 11.3. The van der Waals surface area contributed by atoms with E-state index < -0.39 is 0 Å². The van der Waals surface area contributed by atoms with E-state index in [-0.39, 0.29) is 5.97 Å². The average molecular weight is 262 g/mol. The molecule has 0 aliphatic heterocycles. The van der Waals surface area contributed by atoms with Crippen LogP contribution >= 0.6 is 0 Å². The molecule has 3 nitrogen and oxygen atoms in total. The lowest BCUT2D eigenvalue weighted by atomic mass is 10.1. The molecule has 0 saturated carbocycles. The Morgan fingerprint density at radius 1 is 1.21 bits per heavy atom. The molecule has 0 aliphatic rings. The smallest absolute Gasteiger partial charge is 0.333 e. The van der Waals surface area contributed by atoms with Crippen LogP contribution in [0.25, 0.3) is 0 Å². The van der Waals surface area contributed by atoms with Gasteiger partial charge < -0.3 is 9.47 Å². The molecule has 0 aromatic heterocycles. The molecule has 0 heterocycles. The third-order valence-corrected chi connectivity index (χ3v) is 2.73. The molecule has 0 aliphatic carbocycles. The Morgan fingerprint density at radius 2 is 1.89 bits per heavy atom. The zero-order valence-corrected chi connectivity index (χ0v) is 11.8. The van der Waals surface area contributed by atoms with Crippen LogP contribution < -0.4 is 4.74 Å². The predicted octanol–water partition coefficient (Wildman–Crippen LogP) is 3.66. The van der Waals surface area contributed by atoms with Gasteiger partial charge in [-0.1, -0.05) is 24.3 Å². The topological polar surface area (TPSA) is 35.5 Å². The lowest BCUT2D eigenvalue weighted by Gasteiger charge is -2.07. The summed E-state index contributed by atoms with van der Waals surface area (Å²) in [5.74, 6) is 0.594. The summed E-state index contributed by atoms with van der Waals surface area (Å²) >= 11 is 0. The standard InChI is InChI=1S/C16H22O3/c1-4-18-16(17)14(3)7-5-6-12-19-15-10-8-13(2)9-11-15/h8-11H,3-7,12H2,1-2H3. The molecule has 0 unspecified atom stereocenters. The lowest BCUT2D eigenvalue weighted by molar-refractivity contribution is -0.138. The zero-order chi connectivity index (χ0) is 14.1. The van der Waals surface area contributed by atoms with Gasteiger partial charge in [0, 0.05) is 5.57 Å². The zero-order valence-electron chi connectivity index (χ0n) is 11.8. The quantitative estimate of drug-likeness (QED) is 0.407. The van der Waals surface area contributed by atoms with Gasteiger partial charge in [0.2, 0.25) is 0 Å². The summed E-state index contributed by atoms with van der Waals surface area (Å²) < 4.78 is 10.5. The molecule has 1 rings (SSSR count). The Labute approximate surface area is 115 Å². The third-order valence-electron chi connectivity index (χ3n) is 2.73. The van der Waals surface area contributed by atoms with Gasteiger partial charge in [0.25, 0.3) is 0 Å². The minimum atomic E-state index is -0.290. The van der Waals surface area contributed by atoms with Crippen molar-refractivity contribution in [2.24, 2.45) is 0 Å². The second-order valence-corrected chi connectivity index (χ2v) is 4.44. The molecule has 0 saturated heterocycles. The van der Waals surface area contributed by atoms with Crippen molar-refractivity contribution >= 4 is 5.97 Å². The fourth-order valence-corrected chi connectivity index (χ4v) is 1.60. The summed E-state index contributed by atoms with van der Waals surface area (Å²) in [5, 5.41) is 0. The molecule has 104 valence electrons. The number of carbonyl (C=O) groups is 1. The number of ether oxygens (including phenoxy) is 2. The molecular weight excluding hydrogens is 240 g/mol. The SMILES string of the molecule is C=C(CCCCOc1ccc(C)cc1)C(=O)OCC. The first kappa shape index (κ1) is 15.3. The fourth-order valence-electron chi connectivity index (χ4n) is 1.60. The Kier molecular flexibility index (Phi) is 6.72. The van der Waals surface area contributed by atoms with E-state index in [1.807, 2.05) is 31.2 Å². The number of unbranched alkanes of at least 4 members (excludes halogenated alkanes) is 1. The van der Waals surface area contributed by atoms with E-state index in [2.05, 4.69) is 6.58 Å². The predicted molar refractivity (Wildman–Crippen MR) is 76.3 cm³/mol. The number of aryl methyl sites for hydroxylation is 1. The van der Waals surface area contributed by atoms with Gasteiger partial charge >= 0.3 is 5.97 Å². The number of benzene rings is 1. The highest BCUT2D eigenvalue weighted by molar-refractivity contribution is 5.87. The number of carbonyl (C=O) groups excluding carboxylic acids is 1. The van der Waals surface area contributed by atoms with Crippen molar-refractivity contribution < 1.29 is 14.3 Å². The van der Waals surface area contributed by atoms with Crippen LogP contribution in [-0.4, -0.2) is 19.2 Å². The first-order valence-electron chi connectivity index (χ1n) is 6.68. The molecule has 1 aromatic carbocycles. The van der Waals surface area contributed by atoms with Crippen molar-refractivity contribution in [1.82, 2.24) is 0 Å². The molecule has 0 amide bonds. The van der Waals surface area contributed by atoms with E-state index >= 15 is 0 Å². The normalized spacial score (nSPS) is 10.0. The van der Waals surface area contributed by atoms with Gasteiger partial charge in [-0.3, -0.25) is 0 Å². The van der Waals surface area contributed by atoms with E-state index in [0.29, 0.717) is 25.2 Å². The molecular formula is C16H22O3. The number of rotatable bonds is 8. The van der Waals surface area contributed by atoms with Gasteiger partial charge in [-0.05, 0) is 45.2 Å². The van der Waals surface area contributed by atoms with Crippen LogP contribution in [0, 0.1) is 6.92 Å². The van der Waals surface area contributed by atoms with Crippen LogP contribution in [-0.2, 0) is 9.53 Å². The van der Waals surface area contributed by atoms with Gasteiger partial charge in [-0.25, -0.2) is 4.79 Å². The summed E-state index contributed by atoms with van der Waals surface area (Å²) in [6.45, 7) is 8.61. The first-order valence-corrected chi connectivity index (χ1v) is 6.68. The van der Waals surface area contributed by atoms with Crippen molar-refractivity contribution in [2.75, 3.05) is 13.2 Å². The Morgan fingerprint density at radius 3 is 2.53 bits per heavy atom. The third kappa shape index (κ3) is 6.09. The summed E-state index contributed by atoms with van der Waals surface area (Å²) in [6, 6.07) is 7.98. The van der Waals surface area contributed by atoms with Crippen LogP contribution in [0.2, 0.25) is 0 Å². The van der Waals surface area contributed by atoms with E-state index in [9.17, 15) is 4.79 Å². The molecule has 0 radical (unpaired) electrons. The Bertz CT molecular complexity index is 407. The molecule has 0 atom stereocenters. The minimum absolute atomic E-state index is 0.290. The van der Waals surface area contributed by atoms with Gasteiger partial charge in [-0.2, -0.15) is 0 Å². The highest BCUT2D eigenvalue weighted by atomic mass is 16.5. The van der Waals surface area contributed by atoms with Crippen molar-refractivity contribution in [3.8, 4) is 5.75 Å². The van der Waals surface area contributed by atoms with E-state index in [1.165, 1.54) is 5.56 Å². The first-order chi connectivity index (χ1) is 9.13. The summed E-state index contributed by atoms with van der Waals surface area (Å²) in [5.41, 5.74) is 1.76. The molecule has 3 heteroatoms. The lowest BCUT2D eigenvalue weighted by Crippen LogP contribution is -2.07. The molecule has 0 spiro atoms. The minimum Gasteiger partial charge on any atom is -0.494 e. The second-order valence-electron chi connectivity index (χ2n) is 4.44. The van der Waals surface area contributed by atoms with Crippen molar-refractivity contribution in [3.63, 3.8) is 0 Å². The van der Waals surface area contributed by atoms with Crippen LogP contribution in [0.1, 0.15) is 31.7 Å². The molecule has 0 N–H and O–H groups in total. The molecule has 0 bridgehead atoms. The summed E-state index contributed by atoms with van der Waals surface area (Å²) in [6.07, 6.45) is 2.44. The molecule has 1 aromatic rings. The molecule has 0 fully saturated rings. The van der Waals surface area contributed by atoms with E-state index in [1.54, 1.807) is 6.92 Å². The van der Waals surface area contributed by atoms with E-state index in [0.717, 1.165) is 18.6 Å². The fraction of sp³-hybridized carbons (Fsp3) is 0.438. The van der Waals surface area contributed by atoms with Crippen molar-refractivity contribution in [3.05, 3.63) is 42.0 Å². The van der Waals surface area contributed by atoms with Crippen LogP contribution in [0.5, 0.6) is 5.75 Å². The van der Waals surface area contributed by atoms with Crippen LogP contribution in [0.3, 0.4) is 0 Å². The largest absolute Gasteiger partial charge is 0.494 e. The maximum atomic E-state index is 11.3. The van der Waals surface area contributed by atoms with Gasteiger partial charge in [0.15, 0.2) is 0 Å². The summed E-state index contributed by atoms with van der Waals surface area (Å²) in [7, 11) is 0. The molecule has 19 heavy (non-hydrogen) atoms. The van der Waals surface area contributed by atoms with Crippen molar-refractivity contribution in [1.29, 1.82) is 0 Å². The van der Waals surface area contributed by atoms with Crippen LogP contribution in [0.15, 0.2) is 36.4 Å².